The van der Waals surface area contributed by atoms with Crippen LogP contribution in [-0.4, -0.2) is 40.7 Å². The number of esters is 1. The topological polar surface area (TPSA) is 120 Å². The van der Waals surface area contributed by atoms with Gasteiger partial charge in [0, 0.05) is 52.3 Å². The van der Waals surface area contributed by atoms with Crippen molar-refractivity contribution in [1.82, 2.24) is 4.98 Å². The Balaban J connectivity index is 1.46. The van der Waals surface area contributed by atoms with Crippen LogP contribution in [0.25, 0.3) is 0 Å². The molecule has 0 aliphatic carbocycles. The Morgan fingerprint density at radius 1 is 1.24 bits per heavy atom. The van der Waals surface area contributed by atoms with Crippen LogP contribution in [0.15, 0.2) is 57.1 Å². The molecule has 0 saturated carbocycles. The van der Waals surface area contributed by atoms with Crippen molar-refractivity contribution in [3.8, 4) is 0 Å². The number of thiazole rings is 1. The fourth-order valence-corrected chi connectivity index (χ4v) is 5.29. The molecule has 1 aliphatic rings. The molecule has 11 heteroatoms. The van der Waals surface area contributed by atoms with Gasteiger partial charge in [-0.2, -0.15) is 0 Å². The normalized spacial score (nSPS) is 13.2. The number of benzene rings is 2. The summed E-state index contributed by atoms with van der Waals surface area (Å²) in [6, 6.07) is 10.4. The third-order valence-corrected chi connectivity index (χ3v) is 7.23. The van der Waals surface area contributed by atoms with Gasteiger partial charge in [-0.15, -0.1) is 11.3 Å². The number of rotatable bonds is 8. The van der Waals surface area contributed by atoms with Crippen molar-refractivity contribution in [3.05, 3.63) is 74.8 Å². The van der Waals surface area contributed by atoms with E-state index in [1.165, 1.54) is 35.2 Å². The van der Waals surface area contributed by atoms with Gasteiger partial charge in [-0.3, -0.25) is 19.7 Å². The molecule has 0 radical (unpaired) electrons. The number of ether oxygens (including phenoxy) is 1. The van der Waals surface area contributed by atoms with E-state index in [2.05, 4.69) is 4.98 Å². The summed E-state index contributed by atoms with van der Waals surface area (Å²) in [5.74, 6) is -1.22. The predicted octanol–water partition coefficient (Wildman–Crippen LogP) is 4.68. The van der Waals surface area contributed by atoms with E-state index in [-0.39, 0.29) is 17.2 Å². The van der Waals surface area contributed by atoms with E-state index in [1.807, 2.05) is 12.3 Å². The maximum Gasteiger partial charge on any atom is 0.339 e. The van der Waals surface area contributed by atoms with E-state index in [0.717, 1.165) is 18.2 Å². The third kappa shape index (κ3) is 5.32. The Morgan fingerprint density at radius 2 is 2.00 bits per heavy atom. The number of hydrogen-bond acceptors (Lipinski definition) is 9. The molecule has 2 aromatic carbocycles. The van der Waals surface area contributed by atoms with Gasteiger partial charge in [0.2, 0.25) is 5.91 Å². The number of carbonyl (C=O) groups excluding carboxylic acids is 3. The maximum atomic E-state index is 12.8. The van der Waals surface area contributed by atoms with E-state index in [0.29, 0.717) is 33.5 Å². The molecule has 9 nitrogen and oxygen atoms in total. The first-order valence-electron chi connectivity index (χ1n) is 10.3. The van der Waals surface area contributed by atoms with E-state index in [9.17, 15) is 24.5 Å². The van der Waals surface area contributed by atoms with Gasteiger partial charge in [0.05, 0.1) is 10.5 Å². The van der Waals surface area contributed by atoms with Gasteiger partial charge in [0.25, 0.3) is 5.69 Å². The smallest absolute Gasteiger partial charge is 0.339 e. The summed E-state index contributed by atoms with van der Waals surface area (Å²) in [5, 5.41) is 13.1. The van der Waals surface area contributed by atoms with E-state index in [4.69, 9.17) is 4.74 Å². The molecule has 34 heavy (non-hydrogen) atoms. The van der Waals surface area contributed by atoms with E-state index >= 15 is 0 Å². The summed E-state index contributed by atoms with van der Waals surface area (Å²) in [5.41, 5.74) is 1.60. The number of anilines is 1. The lowest BCUT2D eigenvalue weighted by Crippen LogP contribution is -2.23. The molecule has 1 amide bonds. The molecule has 1 aromatic heterocycles. The van der Waals surface area contributed by atoms with Gasteiger partial charge < -0.3 is 9.64 Å². The van der Waals surface area contributed by atoms with Crippen molar-refractivity contribution in [2.45, 2.75) is 29.0 Å². The Morgan fingerprint density at radius 3 is 2.62 bits per heavy atom. The number of aromatic nitrogens is 1. The van der Waals surface area contributed by atoms with Crippen LogP contribution >= 0.6 is 23.1 Å². The van der Waals surface area contributed by atoms with Crippen LogP contribution in [0.1, 0.15) is 39.3 Å². The Bertz CT molecular complexity index is 1270. The highest BCUT2D eigenvalue weighted by atomic mass is 32.2. The van der Waals surface area contributed by atoms with Crippen LogP contribution in [0, 0.1) is 17.0 Å². The van der Waals surface area contributed by atoms with Crippen LogP contribution in [0.4, 0.5) is 11.4 Å². The number of Topliss-reactive ketones (excluding diaryl/α,β-unsaturated/α-hetero) is 1. The van der Waals surface area contributed by atoms with Crippen molar-refractivity contribution < 1.29 is 24.0 Å². The minimum absolute atomic E-state index is 0.0113. The van der Waals surface area contributed by atoms with Gasteiger partial charge in [0.15, 0.2) is 16.7 Å². The number of amides is 1. The molecule has 1 fully saturated rings. The largest absolute Gasteiger partial charge is 0.454 e. The lowest BCUT2D eigenvalue weighted by atomic mass is 10.1. The molecule has 0 N–H and O–H groups in total. The number of ketones is 1. The molecule has 0 bridgehead atoms. The molecular formula is C23H19N3O6S2. The predicted molar refractivity (Wildman–Crippen MR) is 127 cm³/mol. The Kier molecular flexibility index (Phi) is 7.03. The molecule has 0 unspecified atom stereocenters. The SMILES string of the molecule is Cc1csc(Sc2ccc([N+](=O)[O-])cc2C(=O)OCC(=O)c2ccc(N3CCCC3=O)cc2)n1. The summed E-state index contributed by atoms with van der Waals surface area (Å²) >= 11 is 2.58. The third-order valence-electron chi connectivity index (χ3n) is 5.10. The molecule has 4 rings (SSSR count). The lowest BCUT2D eigenvalue weighted by molar-refractivity contribution is -0.384. The molecule has 0 atom stereocenters. The second-order valence-corrected chi connectivity index (χ2v) is 9.64. The summed E-state index contributed by atoms with van der Waals surface area (Å²) in [6.45, 7) is 1.96. The first-order valence-corrected chi connectivity index (χ1v) is 12.0. The standard InChI is InChI=1S/C23H19N3O6S2/c1-14-13-33-23(24-14)34-20-9-8-17(26(30)31)11-18(20)22(29)32-12-19(27)15-4-6-16(7-5-15)25-10-2-3-21(25)28/h4-9,11,13H,2-3,10,12H2,1H3. The zero-order valence-electron chi connectivity index (χ0n) is 18.1. The summed E-state index contributed by atoms with van der Waals surface area (Å²) < 4.78 is 5.88. The number of aryl methyl sites for hydroxylation is 1. The molecule has 2 heterocycles. The van der Waals surface area contributed by atoms with Crippen molar-refractivity contribution in [2.24, 2.45) is 0 Å². The molecule has 0 spiro atoms. The molecule has 174 valence electrons. The highest BCUT2D eigenvalue weighted by molar-refractivity contribution is 8.01. The summed E-state index contributed by atoms with van der Waals surface area (Å²) in [4.78, 5) is 54.2. The second kappa shape index (κ2) is 10.1. The minimum Gasteiger partial charge on any atom is -0.454 e. The zero-order valence-corrected chi connectivity index (χ0v) is 19.7. The van der Waals surface area contributed by atoms with Crippen LogP contribution < -0.4 is 4.90 Å². The number of carbonyl (C=O) groups is 3. The molecule has 1 saturated heterocycles. The van der Waals surface area contributed by atoms with E-state index < -0.39 is 23.3 Å². The van der Waals surface area contributed by atoms with E-state index in [1.54, 1.807) is 29.2 Å². The minimum atomic E-state index is -0.841. The number of nitro groups is 1. The van der Waals surface area contributed by atoms with Crippen LogP contribution in [0.5, 0.6) is 0 Å². The zero-order chi connectivity index (χ0) is 24.2. The van der Waals surface area contributed by atoms with Crippen molar-refractivity contribution in [1.29, 1.82) is 0 Å². The fourth-order valence-electron chi connectivity index (χ4n) is 3.39. The summed E-state index contributed by atoms with van der Waals surface area (Å²) in [6.07, 6.45) is 1.31. The van der Waals surface area contributed by atoms with Gasteiger partial charge in [-0.1, -0.05) is 11.8 Å². The number of non-ortho nitro benzene ring substituents is 1. The fraction of sp³-hybridized carbons (Fsp3) is 0.217. The maximum absolute atomic E-state index is 12.8. The molecule has 3 aromatic rings. The van der Waals surface area contributed by atoms with Crippen LogP contribution in [-0.2, 0) is 9.53 Å². The van der Waals surface area contributed by atoms with Crippen molar-refractivity contribution in [3.63, 3.8) is 0 Å². The quantitative estimate of drug-likeness (QED) is 0.190. The summed E-state index contributed by atoms with van der Waals surface area (Å²) in [7, 11) is 0. The lowest BCUT2D eigenvalue weighted by Gasteiger charge is -2.15. The number of nitro benzene ring substituents is 1. The van der Waals surface area contributed by atoms with Crippen LogP contribution in [0.2, 0.25) is 0 Å². The Hall–Kier alpha value is -3.57. The second-order valence-electron chi connectivity index (χ2n) is 7.49. The Labute approximate surface area is 202 Å². The molecular weight excluding hydrogens is 478 g/mol. The van der Waals surface area contributed by atoms with Gasteiger partial charge >= 0.3 is 5.97 Å². The number of nitrogens with zero attached hydrogens (tertiary/aromatic N) is 3. The average Bonchev–Trinajstić information content (AvgIpc) is 3.45. The number of hydrogen-bond donors (Lipinski definition) is 0. The molecule has 1 aliphatic heterocycles. The first kappa shape index (κ1) is 23.6. The highest BCUT2D eigenvalue weighted by Crippen LogP contribution is 2.34. The van der Waals surface area contributed by atoms with Gasteiger partial charge in [0.1, 0.15) is 0 Å². The van der Waals surface area contributed by atoms with Crippen molar-refractivity contribution in [2.75, 3.05) is 18.1 Å². The average molecular weight is 498 g/mol. The van der Waals surface area contributed by atoms with Gasteiger partial charge in [-0.05, 0) is 43.7 Å². The monoisotopic (exact) mass is 497 g/mol. The first-order chi connectivity index (χ1) is 16.3. The highest BCUT2D eigenvalue weighted by Gasteiger charge is 2.23. The van der Waals surface area contributed by atoms with Gasteiger partial charge in [-0.25, -0.2) is 9.78 Å². The van der Waals surface area contributed by atoms with Crippen molar-refractivity contribution >= 4 is 52.1 Å². The van der Waals surface area contributed by atoms with Crippen LogP contribution in [0.3, 0.4) is 0 Å².